The summed E-state index contributed by atoms with van der Waals surface area (Å²) in [6.07, 6.45) is 0. The molecule has 0 spiro atoms. The van der Waals surface area contributed by atoms with Gasteiger partial charge in [0.2, 0.25) is 0 Å². The second kappa shape index (κ2) is 8.49. The third-order valence-electron chi connectivity index (χ3n) is 3.88. The van der Waals surface area contributed by atoms with E-state index in [9.17, 15) is 9.59 Å². The van der Waals surface area contributed by atoms with E-state index >= 15 is 0 Å². The van der Waals surface area contributed by atoms with E-state index in [1.54, 1.807) is 48.5 Å². The van der Waals surface area contributed by atoms with E-state index in [0.29, 0.717) is 27.8 Å². The number of halogens is 1. The van der Waals surface area contributed by atoms with E-state index in [0.717, 1.165) is 5.56 Å². The molecule has 0 aliphatic heterocycles. The van der Waals surface area contributed by atoms with Crippen molar-refractivity contribution in [3.63, 3.8) is 0 Å². The van der Waals surface area contributed by atoms with E-state index in [1.807, 2.05) is 13.0 Å². The number of anilines is 3. The molecule has 0 bridgehead atoms. The second-order valence-corrected chi connectivity index (χ2v) is 6.33. The minimum absolute atomic E-state index is 0.158. The normalized spacial score (nSPS) is 10.2. The SMILES string of the molecule is COC(=O)c1cccc(Nc2ccc(C(=O)Nc3ccc(C)c(Cl)c3)nn2)c1. The molecule has 7 nitrogen and oxygen atoms in total. The number of aryl methyl sites for hydroxylation is 1. The number of hydrogen-bond acceptors (Lipinski definition) is 6. The van der Waals surface area contributed by atoms with Crippen molar-refractivity contribution in [2.75, 3.05) is 17.7 Å². The lowest BCUT2D eigenvalue weighted by Crippen LogP contribution is -2.14. The first-order valence-electron chi connectivity index (χ1n) is 8.33. The summed E-state index contributed by atoms with van der Waals surface area (Å²) in [4.78, 5) is 23.9. The van der Waals surface area contributed by atoms with Crippen LogP contribution < -0.4 is 10.6 Å². The molecule has 0 aliphatic rings. The van der Waals surface area contributed by atoms with Crippen LogP contribution in [0.4, 0.5) is 17.2 Å². The Morgan fingerprint density at radius 3 is 2.50 bits per heavy atom. The fraction of sp³-hybridized carbons (Fsp3) is 0.100. The van der Waals surface area contributed by atoms with Gasteiger partial charge in [0.15, 0.2) is 11.5 Å². The molecule has 0 atom stereocenters. The fourth-order valence-corrected chi connectivity index (χ4v) is 2.56. The smallest absolute Gasteiger partial charge is 0.337 e. The summed E-state index contributed by atoms with van der Waals surface area (Å²) >= 11 is 6.06. The number of aromatic nitrogens is 2. The molecule has 0 saturated carbocycles. The zero-order valence-electron chi connectivity index (χ0n) is 15.2. The van der Waals surface area contributed by atoms with Crippen molar-refractivity contribution >= 4 is 40.7 Å². The maximum absolute atomic E-state index is 12.3. The number of rotatable bonds is 5. The number of nitrogens with zero attached hydrogens (tertiary/aromatic N) is 2. The summed E-state index contributed by atoms with van der Waals surface area (Å²) in [5.41, 5.74) is 2.71. The van der Waals surface area contributed by atoms with Gasteiger partial charge in [0.25, 0.3) is 5.91 Å². The predicted octanol–water partition coefficient (Wildman–Crippen LogP) is 4.22. The van der Waals surface area contributed by atoms with Crippen LogP contribution in [0.3, 0.4) is 0 Å². The molecule has 3 rings (SSSR count). The molecule has 1 heterocycles. The Morgan fingerprint density at radius 2 is 1.82 bits per heavy atom. The Morgan fingerprint density at radius 1 is 1.00 bits per heavy atom. The average molecular weight is 397 g/mol. The largest absolute Gasteiger partial charge is 0.465 e. The van der Waals surface area contributed by atoms with Crippen molar-refractivity contribution in [2.24, 2.45) is 0 Å². The Bertz CT molecular complexity index is 1020. The number of nitrogens with one attached hydrogen (secondary N) is 2. The van der Waals surface area contributed by atoms with Crippen molar-refractivity contribution in [3.8, 4) is 0 Å². The summed E-state index contributed by atoms with van der Waals surface area (Å²) in [5, 5.41) is 14.2. The van der Waals surface area contributed by atoms with E-state index in [-0.39, 0.29) is 5.69 Å². The highest BCUT2D eigenvalue weighted by Crippen LogP contribution is 2.21. The molecular weight excluding hydrogens is 380 g/mol. The number of esters is 1. The lowest BCUT2D eigenvalue weighted by Gasteiger charge is -2.08. The van der Waals surface area contributed by atoms with Crippen LogP contribution in [-0.2, 0) is 4.74 Å². The van der Waals surface area contributed by atoms with Gasteiger partial charge >= 0.3 is 5.97 Å². The number of hydrogen-bond donors (Lipinski definition) is 2. The number of carbonyl (C=O) groups excluding carboxylic acids is 2. The van der Waals surface area contributed by atoms with Gasteiger partial charge in [-0.25, -0.2) is 4.79 Å². The third kappa shape index (κ3) is 4.63. The molecule has 2 aromatic carbocycles. The van der Waals surface area contributed by atoms with Crippen LogP contribution >= 0.6 is 11.6 Å². The minimum Gasteiger partial charge on any atom is -0.465 e. The summed E-state index contributed by atoms with van der Waals surface area (Å²) in [7, 11) is 1.32. The Hall–Kier alpha value is -3.45. The van der Waals surface area contributed by atoms with Gasteiger partial charge in [-0.1, -0.05) is 23.7 Å². The maximum Gasteiger partial charge on any atom is 0.337 e. The van der Waals surface area contributed by atoms with Crippen molar-refractivity contribution in [3.05, 3.63) is 76.4 Å². The number of amides is 1. The van der Waals surface area contributed by atoms with Crippen LogP contribution in [0, 0.1) is 6.92 Å². The Balaban J connectivity index is 1.68. The lowest BCUT2D eigenvalue weighted by atomic mass is 10.2. The van der Waals surface area contributed by atoms with Gasteiger partial charge in [-0.05, 0) is 55.0 Å². The number of methoxy groups -OCH3 is 1. The number of benzene rings is 2. The maximum atomic E-state index is 12.3. The molecule has 0 saturated heterocycles. The van der Waals surface area contributed by atoms with E-state index in [4.69, 9.17) is 16.3 Å². The lowest BCUT2D eigenvalue weighted by molar-refractivity contribution is 0.0600. The van der Waals surface area contributed by atoms with Gasteiger partial charge < -0.3 is 15.4 Å². The van der Waals surface area contributed by atoms with E-state index < -0.39 is 11.9 Å². The van der Waals surface area contributed by atoms with Crippen molar-refractivity contribution < 1.29 is 14.3 Å². The molecule has 2 N–H and O–H groups in total. The van der Waals surface area contributed by atoms with Gasteiger partial charge in [-0.15, -0.1) is 10.2 Å². The standard InChI is InChI=1S/C20H17ClN4O3/c1-12-6-7-15(11-16(12)21)23-19(26)17-8-9-18(25-24-17)22-14-5-3-4-13(10-14)20(27)28-2/h3-11H,1-2H3,(H,22,25)(H,23,26). The molecule has 28 heavy (non-hydrogen) atoms. The fourth-order valence-electron chi connectivity index (χ4n) is 2.38. The van der Waals surface area contributed by atoms with Crippen LogP contribution in [-0.4, -0.2) is 29.2 Å². The monoisotopic (exact) mass is 396 g/mol. The third-order valence-corrected chi connectivity index (χ3v) is 4.29. The quantitative estimate of drug-likeness (QED) is 0.627. The van der Waals surface area contributed by atoms with Crippen molar-refractivity contribution in [2.45, 2.75) is 6.92 Å². The first-order valence-corrected chi connectivity index (χ1v) is 8.70. The molecule has 1 aromatic heterocycles. The van der Waals surface area contributed by atoms with Gasteiger partial charge in [-0.3, -0.25) is 4.79 Å². The number of ether oxygens (including phenoxy) is 1. The first kappa shape index (κ1) is 19.3. The zero-order valence-corrected chi connectivity index (χ0v) is 15.9. The molecule has 0 fully saturated rings. The number of carbonyl (C=O) groups is 2. The summed E-state index contributed by atoms with van der Waals surface area (Å²) in [6, 6.07) is 15.2. The van der Waals surface area contributed by atoms with Crippen LogP contribution in [0.5, 0.6) is 0 Å². The van der Waals surface area contributed by atoms with Crippen LogP contribution in [0.25, 0.3) is 0 Å². The van der Waals surface area contributed by atoms with Crippen molar-refractivity contribution in [1.82, 2.24) is 10.2 Å². The van der Waals surface area contributed by atoms with Crippen molar-refractivity contribution in [1.29, 1.82) is 0 Å². The van der Waals surface area contributed by atoms with Gasteiger partial charge in [0.05, 0.1) is 12.7 Å². The molecular formula is C20H17ClN4O3. The first-order chi connectivity index (χ1) is 13.5. The van der Waals surface area contributed by atoms with Crippen LogP contribution in [0.15, 0.2) is 54.6 Å². The highest BCUT2D eigenvalue weighted by Gasteiger charge is 2.10. The molecule has 1 amide bonds. The molecule has 0 radical (unpaired) electrons. The highest BCUT2D eigenvalue weighted by atomic mass is 35.5. The summed E-state index contributed by atoms with van der Waals surface area (Å²) in [6.45, 7) is 1.88. The van der Waals surface area contributed by atoms with E-state index in [1.165, 1.54) is 7.11 Å². The van der Waals surface area contributed by atoms with Crippen LogP contribution in [0.2, 0.25) is 5.02 Å². The predicted molar refractivity (Wildman–Crippen MR) is 107 cm³/mol. The van der Waals surface area contributed by atoms with Crippen LogP contribution in [0.1, 0.15) is 26.4 Å². The van der Waals surface area contributed by atoms with Gasteiger partial charge in [0, 0.05) is 16.4 Å². The molecule has 0 aliphatic carbocycles. The second-order valence-electron chi connectivity index (χ2n) is 5.92. The molecule has 8 heteroatoms. The summed E-state index contributed by atoms with van der Waals surface area (Å²) < 4.78 is 4.70. The average Bonchev–Trinajstić information content (AvgIpc) is 2.71. The highest BCUT2D eigenvalue weighted by molar-refractivity contribution is 6.31. The Kier molecular flexibility index (Phi) is 5.86. The van der Waals surface area contributed by atoms with E-state index in [2.05, 4.69) is 20.8 Å². The topological polar surface area (TPSA) is 93.2 Å². The Labute approximate surface area is 166 Å². The molecule has 0 unspecified atom stereocenters. The zero-order chi connectivity index (χ0) is 20.1. The molecule has 3 aromatic rings. The molecule has 142 valence electrons. The minimum atomic E-state index is -0.432. The van der Waals surface area contributed by atoms with Gasteiger partial charge in [-0.2, -0.15) is 0 Å². The van der Waals surface area contributed by atoms with Gasteiger partial charge in [0.1, 0.15) is 0 Å². The summed E-state index contributed by atoms with van der Waals surface area (Å²) in [5.74, 6) is -0.401.